The molecule has 0 unspecified atom stereocenters. The number of carbonyl (C=O) groups is 1. The van der Waals surface area contributed by atoms with Gasteiger partial charge in [0.2, 0.25) is 0 Å². The van der Waals surface area contributed by atoms with Crippen LogP contribution in [0.25, 0.3) is 11.3 Å². The summed E-state index contributed by atoms with van der Waals surface area (Å²) in [4.78, 5) is 24.1. The quantitative estimate of drug-likeness (QED) is 0.786. The molecule has 1 amide bonds. The van der Waals surface area contributed by atoms with E-state index in [1.165, 1.54) is 16.9 Å². The van der Waals surface area contributed by atoms with Gasteiger partial charge < -0.3 is 5.32 Å². The van der Waals surface area contributed by atoms with Crippen LogP contribution in [0.2, 0.25) is 0 Å². The molecule has 0 aliphatic rings. The first-order valence-corrected chi connectivity index (χ1v) is 6.82. The Morgan fingerprint density at radius 1 is 1.26 bits per heavy atom. The van der Waals surface area contributed by atoms with Gasteiger partial charge in [-0.2, -0.15) is 5.10 Å². The van der Waals surface area contributed by atoms with Crippen LogP contribution >= 0.6 is 0 Å². The second kappa shape index (κ2) is 6.30. The van der Waals surface area contributed by atoms with Crippen LogP contribution in [0.1, 0.15) is 16.3 Å². The molecule has 0 aliphatic heterocycles. The lowest BCUT2D eigenvalue weighted by Gasteiger charge is -2.03. The Morgan fingerprint density at radius 3 is 2.78 bits per heavy atom. The highest BCUT2D eigenvalue weighted by atomic mass is 19.1. The monoisotopic (exact) mass is 312 g/mol. The summed E-state index contributed by atoms with van der Waals surface area (Å²) >= 11 is 0. The molecule has 8 heteroatoms. The largest absolute Gasteiger partial charge is 0.343 e. The number of nitrogens with zero attached hydrogens (tertiary/aromatic N) is 5. The van der Waals surface area contributed by atoms with Crippen molar-refractivity contribution in [2.24, 2.45) is 7.05 Å². The molecule has 0 saturated carbocycles. The second-order valence-electron chi connectivity index (χ2n) is 4.78. The van der Waals surface area contributed by atoms with Gasteiger partial charge in [0.15, 0.2) is 0 Å². The Morgan fingerprint density at radius 2 is 2.04 bits per heavy atom. The fourth-order valence-corrected chi connectivity index (χ4v) is 2.04. The predicted octanol–water partition coefficient (Wildman–Crippen LogP) is 1.34. The molecule has 0 aliphatic carbocycles. The van der Waals surface area contributed by atoms with Crippen LogP contribution in [0.4, 0.5) is 4.39 Å². The Balaban J connectivity index is 1.76. The summed E-state index contributed by atoms with van der Waals surface area (Å²) in [6.07, 6.45) is 5.81. The van der Waals surface area contributed by atoms with Crippen molar-refractivity contribution in [3.8, 4) is 11.3 Å². The van der Waals surface area contributed by atoms with Gasteiger partial charge in [0.25, 0.3) is 5.91 Å². The molecule has 7 nitrogen and oxygen atoms in total. The van der Waals surface area contributed by atoms with Crippen LogP contribution < -0.4 is 5.32 Å². The molecule has 3 heterocycles. The van der Waals surface area contributed by atoms with Crippen molar-refractivity contribution in [3.05, 3.63) is 60.3 Å². The molecular formula is C15H13FN6O. The molecule has 0 bridgehead atoms. The molecule has 0 fully saturated rings. The Hall–Kier alpha value is -3.16. The maximum atomic E-state index is 13.2. The smallest absolute Gasteiger partial charge is 0.269 e. The van der Waals surface area contributed by atoms with Gasteiger partial charge in [-0.25, -0.2) is 14.4 Å². The first-order chi connectivity index (χ1) is 11.1. The van der Waals surface area contributed by atoms with Gasteiger partial charge in [0.05, 0.1) is 18.4 Å². The Kier molecular flexibility index (Phi) is 4.05. The summed E-state index contributed by atoms with van der Waals surface area (Å²) in [5.74, 6) is -0.263. The van der Waals surface area contributed by atoms with E-state index in [1.54, 1.807) is 31.6 Å². The number of amides is 1. The van der Waals surface area contributed by atoms with Crippen molar-refractivity contribution in [3.63, 3.8) is 0 Å². The summed E-state index contributed by atoms with van der Waals surface area (Å²) < 4.78 is 14.7. The molecular weight excluding hydrogens is 299 g/mol. The number of rotatable bonds is 4. The third-order valence-electron chi connectivity index (χ3n) is 3.14. The first kappa shape index (κ1) is 14.8. The molecule has 0 saturated heterocycles. The van der Waals surface area contributed by atoms with Gasteiger partial charge >= 0.3 is 0 Å². The van der Waals surface area contributed by atoms with E-state index in [1.807, 2.05) is 0 Å². The molecule has 116 valence electrons. The molecule has 0 aromatic carbocycles. The van der Waals surface area contributed by atoms with Gasteiger partial charge in [-0.1, -0.05) is 0 Å². The van der Waals surface area contributed by atoms with Gasteiger partial charge in [-0.3, -0.25) is 14.5 Å². The topological polar surface area (TPSA) is 85.6 Å². The summed E-state index contributed by atoms with van der Waals surface area (Å²) in [7, 11) is 1.64. The van der Waals surface area contributed by atoms with E-state index in [0.717, 1.165) is 6.20 Å². The predicted molar refractivity (Wildman–Crippen MR) is 79.6 cm³/mol. The lowest BCUT2D eigenvalue weighted by atomic mass is 10.2. The van der Waals surface area contributed by atoms with E-state index in [4.69, 9.17) is 0 Å². The second-order valence-corrected chi connectivity index (χ2v) is 4.78. The van der Waals surface area contributed by atoms with Gasteiger partial charge in [-0.15, -0.1) is 0 Å². The van der Waals surface area contributed by atoms with E-state index in [-0.39, 0.29) is 12.5 Å². The van der Waals surface area contributed by atoms with Crippen LogP contribution in [-0.2, 0) is 13.6 Å². The maximum Gasteiger partial charge on any atom is 0.269 e. The number of aromatic nitrogens is 5. The number of pyridine rings is 1. The normalized spacial score (nSPS) is 10.5. The minimum absolute atomic E-state index is 0.210. The number of aryl methyl sites for hydroxylation is 1. The minimum atomic E-state index is -0.458. The molecule has 23 heavy (non-hydrogen) atoms. The van der Waals surface area contributed by atoms with E-state index in [9.17, 15) is 9.18 Å². The van der Waals surface area contributed by atoms with Crippen molar-refractivity contribution >= 4 is 5.91 Å². The highest BCUT2D eigenvalue weighted by Gasteiger charge is 2.15. The van der Waals surface area contributed by atoms with Crippen LogP contribution in [0.15, 0.2) is 43.0 Å². The van der Waals surface area contributed by atoms with Crippen LogP contribution in [0.5, 0.6) is 0 Å². The van der Waals surface area contributed by atoms with E-state index in [2.05, 4.69) is 25.4 Å². The molecule has 1 N–H and O–H groups in total. The number of hydrogen-bond donors (Lipinski definition) is 1. The van der Waals surface area contributed by atoms with Crippen LogP contribution in [0.3, 0.4) is 0 Å². The SMILES string of the molecule is Cn1nc(-c2cncc(F)c2)cc1C(=O)NCc1ncccn1. The molecule has 3 aromatic heterocycles. The van der Waals surface area contributed by atoms with E-state index < -0.39 is 5.82 Å². The summed E-state index contributed by atoms with van der Waals surface area (Å²) in [6.45, 7) is 0.210. The fraction of sp³-hybridized carbons (Fsp3) is 0.133. The Bertz CT molecular complexity index is 833. The number of halogens is 1. The molecule has 0 spiro atoms. The van der Waals surface area contributed by atoms with E-state index >= 15 is 0 Å². The zero-order chi connectivity index (χ0) is 16.2. The third-order valence-corrected chi connectivity index (χ3v) is 3.14. The first-order valence-electron chi connectivity index (χ1n) is 6.82. The highest BCUT2D eigenvalue weighted by Crippen LogP contribution is 2.18. The Labute approximate surface area is 131 Å². The standard InChI is InChI=1S/C15H13FN6O/c1-22-13(15(23)20-9-14-18-3-2-4-19-14)6-12(21-22)10-5-11(16)8-17-7-10/h2-8H,9H2,1H3,(H,20,23). The number of carbonyl (C=O) groups excluding carboxylic acids is 1. The lowest BCUT2D eigenvalue weighted by molar-refractivity contribution is 0.0940. The lowest BCUT2D eigenvalue weighted by Crippen LogP contribution is -2.25. The van der Waals surface area contributed by atoms with Crippen molar-refractivity contribution in [1.29, 1.82) is 0 Å². The number of nitrogens with one attached hydrogen (secondary N) is 1. The molecule has 3 aromatic rings. The molecule has 3 rings (SSSR count). The average Bonchev–Trinajstić information content (AvgIpc) is 2.96. The summed E-state index contributed by atoms with van der Waals surface area (Å²) in [6, 6.07) is 4.60. The average molecular weight is 312 g/mol. The molecule has 0 radical (unpaired) electrons. The van der Waals surface area contributed by atoms with Gasteiger partial charge in [-0.05, 0) is 18.2 Å². The zero-order valence-electron chi connectivity index (χ0n) is 12.3. The van der Waals surface area contributed by atoms with Crippen LogP contribution in [0, 0.1) is 5.82 Å². The highest BCUT2D eigenvalue weighted by molar-refractivity contribution is 5.93. The maximum absolute atomic E-state index is 13.2. The molecule has 0 atom stereocenters. The summed E-state index contributed by atoms with van der Waals surface area (Å²) in [5.41, 5.74) is 1.33. The summed E-state index contributed by atoms with van der Waals surface area (Å²) in [5, 5.41) is 6.93. The van der Waals surface area contributed by atoms with Gasteiger partial charge in [0.1, 0.15) is 17.3 Å². The van der Waals surface area contributed by atoms with Crippen molar-refractivity contribution in [1.82, 2.24) is 30.0 Å². The third kappa shape index (κ3) is 3.37. The van der Waals surface area contributed by atoms with Crippen molar-refractivity contribution in [2.45, 2.75) is 6.54 Å². The van der Waals surface area contributed by atoms with Crippen molar-refractivity contribution < 1.29 is 9.18 Å². The van der Waals surface area contributed by atoms with E-state index in [0.29, 0.717) is 22.8 Å². The van der Waals surface area contributed by atoms with Crippen LogP contribution in [-0.4, -0.2) is 30.6 Å². The minimum Gasteiger partial charge on any atom is -0.343 e. The van der Waals surface area contributed by atoms with Crippen molar-refractivity contribution in [2.75, 3.05) is 0 Å². The van der Waals surface area contributed by atoms with Gasteiger partial charge in [0, 0.05) is 31.2 Å². The fourth-order valence-electron chi connectivity index (χ4n) is 2.04. The number of hydrogen-bond acceptors (Lipinski definition) is 5. The zero-order valence-corrected chi connectivity index (χ0v) is 12.3.